The van der Waals surface area contributed by atoms with Crippen LogP contribution in [0.5, 0.6) is 5.75 Å². The number of ether oxygens (including phenoxy) is 1. The van der Waals surface area contributed by atoms with Gasteiger partial charge < -0.3 is 15.2 Å². The number of hydrogen-bond donors (Lipinski definition) is 2. The van der Waals surface area contributed by atoms with Crippen molar-refractivity contribution < 1.29 is 14.6 Å². The van der Waals surface area contributed by atoms with Gasteiger partial charge in [0, 0.05) is 18.4 Å². The number of carbonyl (C=O) groups excluding carboxylic acids is 1. The summed E-state index contributed by atoms with van der Waals surface area (Å²) in [4.78, 5) is 11.5. The molecule has 1 rings (SSSR count). The number of benzene rings is 1. The molecule has 1 amide bonds. The summed E-state index contributed by atoms with van der Waals surface area (Å²) in [6.45, 7) is 4.94. The molecule has 0 atom stereocenters. The molecule has 1 aromatic rings. The Balaban J connectivity index is 2.37. The first-order valence-corrected chi connectivity index (χ1v) is 5.80. The molecule has 0 aliphatic rings. The number of nitrogens with one attached hydrogen (secondary N) is 1. The molecule has 0 saturated carbocycles. The average molecular weight is 237 g/mol. The predicted molar refractivity (Wildman–Crippen MR) is 67.2 cm³/mol. The molecule has 0 spiro atoms. The lowest BCUT2D eigenvalue weighted by Gasteiger charge is -2.07. The molecule has 4 heteroatoms. The molecule has 0 saturated heterocycles. The van der Waals surface area contributed by atoms with E-state index in [0.717, 1.165) is 12.0 Å². The van der Waals surface area contributed by atoms with Crippen LogP contribution in [0.1, 0.15) is 25.3 Å². The fourth-order valence-electron chi connectivity index (χ4n) is 1.32. The van der Waals surface area contributed by atoms with Crippen molar-refractivity contribution in [2.24, 2.45) is 0 Å². The fraction of sp³-hybridized carbons (Fsp3) is 0.462. The standard InChI is InChI=1S/C13H19NO3/c1-3-7-17-8-6-13(16)14-11-5-4-10(2)12(15)9-11/h4-5,9,15H,3,6-8H2,1-2H3,(H,14,16). The van der Waals surface area contributed by atoms with Crippen molar-refractivity contribution in [2.45, 2.75) is 26.7 Å². The van der Waals surface area contributed by atoms with Gasteiger partial charge in [0.1, 0.15) is 5.75 Å². The Kier molecular flexibility index (Phi) is 5.49. The normalized spacial score (nSPS) is 10.2. The van der Waals surface area contributed by atoms with Crippen molar-refractivity contribution in [3.05, 3.63) is 23.8 Å². The van der Waals surface area contributed by atoms with Crippen molar-refractivity contribution >= 4 is 11.6 Å². The largest absolute Gasteiger partial charge is 0.508 e. The third-order valence-corrected chi connectivity index (χ3v) is 2.31. The highest BCUT2D eigenvalue weighted by atomic mass is 16.5. The summed E-state index contributed by atoms with van der Waals surface area (Å²) in [5.74, 6) is 0.0781. The van der Waals surface area contributed by atoms with Gasteiger partial charge in [-0.15, -0.1) is 0 Å². The van der Waals surface area contributed by atoms with E-state index in [1.807, 2.05) is 6.92 Å². The van der Waals surface area contributed by atoms with Crippen LogP contribution in [0.2, 0.25) is 0 Å². The van der Waals surface area contributed by atoms with Crippen LogP contribution in [0.4, 0.5) is 5.69 Å². The highest BCUT2D eigenvalue weighted by Crippen LogP contribution is 2.20. The molecule has 0 aliphatic carbocycles. The zero-order valence-electron chi connectivity index (χ0n) is 10.3. The van der Waals surface area contributed by atoms with Crippen molar-refractivity contribution in [1.29, 1.82) is 0 Å². The lowest BCUT2D eigenvalue weighted by atomic mass is 10.2. The number of phenolic OH excluding ortho intramolecular Hbond substituents is 1. The molecule has 0 aromatic heterocycles. The molecule has 0 unspecified atom stereocenters. The number of carbonyl (C=O) groups is 1. The first kappa shape index (κ1) is 13.5. The Bertz CT molecular complexity index is 377. The van der Waals surface area contributed by atoms with Crippen LogP contribution < -0.4 is 5.32 Å². The lowest BCUT2D eigenvalue weighted by Crippen LogP contribution is -2.14. The van der Waals surface area contributed by atoms with E-state index in [-0.39, 0.29) is 11.7 Å². The Hall–Kier alpha value is -1.55. The van der Waals surface area contributed by atoms with Gasteiger partial charge in [-0.2, -0.15) is 0 Å². The Labute approximate surface area is 102 Å². The number of anilines is 1. The Morgan fingerprint density at radius 2 is 2.18 bits per heavy atom. The van der Waals surface area contributed by atoms with Gasteiger partial charge in [-0.25, -0.2) is 0 Å². The summed E-state index contributed by atoms with van der Waals surface area (Å²) in [7, 11) is 0. The summed E-state index contributed by atoms with van der Waals surface area (Å²) in [6, 6.07) is 5.07. The number of amides is 1. The second-order valence-corrected chi connectivity index (χ2v) is 3.91. The maximum atomic E-state index is 11.5. The number of aromatic hydroxyl groups is 1. The minimum atomic E-state index is -0.107. The van der Waals surface area contributed by atoms with Crippen LogP contribution in [-0.2, 0) is 9.53 Å². The number of aryl methyl sites for hydroxylation is 1. The van der Waals surface area contributed by atoms with Crippen LogP contribution in [0.25, 0.3) is 0 Å². The van der Waals surface area contributed by atoms with E-state index in [0.29, 0.717) is 25.3 Å². The van der Waals surface area contributed by atoms with Crippen LogP contribution in [0, 0.1) is 6.92 Å². The van der Waals surface area contributed by atoms with Crippen LogP contribution >= 0.6 is 0 Å². The van der Waals surface area contributed by atoms with Gasteiger partial charge in [0.15, 0.2) is 0 Å². The lowest BCUT2D eigenvalue weighted by molar-refractivity contribution is -0.117. The van der Waals surface area contributed by atoms with Crippen LogP contribution in [0.15, 0.2) is 18.2 Å². The predicted octanol–water partition coefficient (Wildman–Crippen LogP) is 2.46. The number of phenols is 1. The van der Waals surface area contributed by atoms with Gasteiger partial charge in [-0.05, 0) is 25.0 Å². The molecule has 0 bridgehead atoms. The van der Waals surface area contributed by atoms with Crippen molar-refractivity contribution in [1.82, 2.24) is 0 Å². The maximum Gasteiger partial charge on any atom is 0.226 e. The highest BCUT2D eigenvalue weighted by Gasteiger charge is 2.04. The molecule has 2 N–H and O–H groups in total. The molecule has 94 valence electrons. The maximum absolute atomic E-state index is 11.5. The van der Waals surface area contributed by atoms with E-state index >= 15 is 0 Å². The third-order valence-electron chi connectivity index (χ3n) is 2.31. The SMILES string of the molecule is CCCOCCC(=O)Nc1ccc(C)c(O)c1. The first-order valence-electron chi connectivity index (χ1n) is 5.80. The second kappa shape index (κ2) is 6.91. The summed E-state index contributed by atoms with van der Waals surface area (Å²) in [5.41, 5.74) is 1.39. The van der Waals surface area contributed by atoms with E-state index in [9.17, 15) is 9.90 Å². The molecule has 0 fully saturated rings. The molecular weight excluding hydrogens is 218 g/mol. The number of rotatable bonds is 6. The number of hydrogen-bond acceptors (Lipinski definition) is 3. The minimum absolute atomic E-state index is 0.107. The minimum Gasteiger partial charge on any atom is -0.508 e. The zero-order chi connectivity index (χ0) is 12.7. The highest BCUT2D eigenvalue weighted by molar-refractivity contribution is 5.91. The summed E-state index contributed by atoms with van der Waals surface area (Å²) < 4.78 is 5.22. The van der Waals surface area contributed by atoms with E-state index in [4.69, 9.17) is 4.74 Å². The van der Waals surface area contributed by atoms with Gasteiger partial charge >= 0.3 is 0 Å². The summed E-state index contributed by atoms with van der Waals surface area (Å²) in [5, 5.41) is 12.2. The van der Waals surface area contributed by atoms with E-state index < -0.39 is 0 Å². The molecule has 0 heterocycles. The monoisotopic (exact) mass is 237 g/mol. The van der Waals surface area contributed by atoms with Crippen LogP contribution in [0.3, 0.4) is 0 Å². The van der Waals surface area contributed by atoms with Crippen molar-refractivity contribution in [2.75, 3.05) is 18.5 Å². The Morgan fingerprint density at radius 1 is 1.41 bits per heavy atom. The van der Waals surface area contributed by atoms with Gasteiger partial charge in [0.05, 0.1) is 13.0 Å². The van der Waals surface area contributed by atoms with Crippen molar-refractivity contribution in [3.8, 4) is 5.75 Å². The molecule has 1 aromatic carbocycles. The third kappa shape index (κ3) is 4.87. The zero-order valence-corrected chi connectivity index (χ0v) is 10.3. The average Bonchev–Trinajstić information content (AvgIpc) is 2.30. The summed E-state index contributed by atoms with van der Waals surface area (Å²) in [6.07, 6.45) is 1.28. The molecular formula is C13H19NO3. The summed E-state index contributed by atoms with van der Waals surface area (Å²) >= 11 is 0. The molecule has 0 radical (unpaired) electrons. The topological polar surface area (TPSA) is 58.6 Å². The molecule has 17 heavy (non-hydrogen) atoms. The fourth-order valence-corrected chi connectivity index (χ4v) is 1.32. The molecule has 4 nitrogen and oxygen atoms in total. The Morgan fingerprint density at radius 3 is 2.82 bits per heavy atom. The van der Waals surface area contributed by atoms with E-state index in [1.54, 1.807) is 25.1 Å². The quantitative estimate of drug-likeness (QED) is 0.747. The van der Waals surface area contributed by atoms with Gasteiger partial charge in [-0.1, -0.05) is 13.0 Å². The van der Waals surface area contributed by atoms with Crippen molar-refractivity contribution in [3.63, 3.8) is 0 Å². The van der Waals surface area contributed by atoms with Gasteiger partial charge in [-0.3, -0.25) is 4.79 Å². The molecule has 0 aliphatic heterocycles. The second-order valence-electron chi connectivity index (χ2n) is 3.91. The van der Waals surface area contributed by atoms with Gasteiger partial charge in [0.2, 0.25) is 5.91 Å². The van der Waals surface area contributed by atoms with E-state index in [1.165, 1.54) is 0 Å². The smallest absolute Gasteiger partial charge is 0.226 e. The van der Waals surface area contributed by atoms with Gasteiger partial charge in [0.25, 0.3) is 0 Å². The van der Waals surface area contributed by atoms with E-state index in [2.05, 4.69) is 5.32 Å². The van der Waals surface area contributed by atoms with Crippen LogP contribution in [-0.4, -0.2) is 24.2 Å². The first-order chi connectivity index (χ1) is 8.13.